The Bertz CT molecular complexity index is 526. The largest absolute Gasteiger partial charge is 0.508 e. The number of benzene rings is 2. The number of hydrogen-bond acceptors (Lipinski definition) is 3. The molecule has 0 amide bonds. The first-order valence-corrected chi connectivity index (χ1v) is 6.30. The molecule has 2 aromatic carbocycles. The Morgan fingerprint density at radius 1 is 1.16 bits per heavy atom. The molecule has 0 aliphatic carbocycles. The van der Waals surface area contributed by atoms with Crippen LogP contribution in [0.2, 0.25) is 0 Å². The van der Waals surface area contributed by atoms with E-state index in [-0.39, 0.29) is 6.04 Å². The van der Waals surface area contributed by atoms with Gasteiger partial charge < -0.3 is 15.2 Å². The Balaban J connectivity index is 2.19. The summed E-state index contributed by atoms with van der Waals surface area (Å²) in [5.41, 5.74) is 2.91. The van der Waals surface area contributed by atoms with E-state index in [1.807, 2.05) is 37.3 Å². The van der Waals surface area contributed by atoms with Gasteiger partial charge in [-0.05, 0) is 24.1 Å². The van der Waals surface area contributed by atoms with Crippen LogP contribution in [-0.4, -0.2) is 18.8 Å². The third-order valence-electron chi connectivity index (χ3n) is 3.09. The third kappa shape index (κ3) is 3.48. The van der Waals surface area contributed by atoms with Gasteiger partial charge in [0.25, 0.3) is 0 Å². The number of anilines is 1. The summed E-state index contributed by atoms with van der Waals surface area (Å²) >= 11 is 0. The topological polar surface area (TPSA) is 41.5 Å². The highest BCUT2D eigenvalue weighted by molar-refractivity contribution is 5.52. The fourth-order valence-electron chi connectivity index (χ4n) is 1.97. The molecule has 0 aliphatic rings. The van der Waals surface area contributed by atoms with Gasteiger partial charge >= 0.3 is 0 Å². The van der Waals surface area contributed by atoms with Crippen molar-refractivity contribution in [1.82, 2.24) is 0 Å². The van der Waals surface area contributed by atoms with Gasteiger partial charge in [0.05, 0.1) is 12.6 Å². The standard InChI is InChI=1S/C16H19NO2/c1-12-8-9-14(10-16(12)18)17-15(11-19-2)13-6-4-3-5-7-13/h3-10,15,17-18H,11H2,1-2H3. The predicted molar refractivity (Wildman–Crippen MR) is 77.5 cm³/mol. The van der Waals surface area contributed by atoms with Crippen LogP contribution in [0.1, 0.15) is 17.2 Å². The van der Waals surface area contributed by atoms with E-state index in [9.17, 15) is 5.11 Å². The highest BCUT2D eigenvalue weighted by Gasteiger charge is 2.11. The molecule has 0 radical (unpaired) electrons. The van der Waals surface area contributed by atoms with Gasteiger partial charge in [-0.2, -0.15) is 0 Å². The molecule has 1 unspecified atom stereocenters. The number of nitrogens with one attached hydrogen (secondary N) is 1. The summed E-state index contributed by atoms with van der Waals surface area (Å²) in [7, 11) is 1.68. The van der Waals surface area contributed by atoms with Gasteiger partial charge in [-0.15, -0.1) is 0 Å². The first-order valence-electron chi connectivity index (χ1n) is 6.30. The minimum absolute atomic E-state index is 0.0632. The summed E-state index contributed by atoms with van der Waals surface area (Å²) in [6, 6.07) is 15.8. The van der Waals surface area contributed by atoms with Crippen molar-refractivity contribution in [3.05, 3.63) is 59.7 Å². The van der Waals surface area contributed by atoms with E-state index in [4.69, 9.17) is 4.74 Å². The van der Waals surface area contributed by atoms with E-state index in [1.165, 1.54) is 0 Å². The van der Waals surface area contributed by atoms with Crippen molar-refractivity contribution in [3.8, 4) is 5.75 Å². The van der Waals surface area contributed by atoms with Crippen molar-refractivity contribution in [3.63, 3.8) is 0 Å². The second-order valence-electron chi connectivity index (χ2n) is 4.56. The molecular formula is C16H19NO2. The van der Waals surface area contributed by atoms with E-state index in [1.54, 1.807) is 13.2 Å². The molecule has 0 heterocycles. The van der Waals surface area contributed by atoms with Gasteiger partial charge in [0.15, 0.2) is 0 Å². The van der Waals surface area contributed by atoms with Crippen LogP contribution in [0.25, 0.3) is 0 Å². The maximum Gasteiger partial charge on any atom is 0.120 e. The SMILES string of the molecule is COCC(Nc1ccc(C)c(O)c1)c1ccccc1. The molecule has 0 aliphatic heterocycles. The monoisotopic (exact) mass is 257 g/mol. The van der Waals surface area contributed by atoms with Crippen molar-refractivity contribution in [2.24, 2.45) is 0 Å². The van der Waals surface area contributed by atoms with Crippen LogP contribution < -0.4 is 5.32 Å². The number of aromatic hydroxyl groups is 1. The zero-order valence-corrected chi connectivity index (χ0v) is 11.3. The van der Waals surface area contributed by atoms with Crippen molar-refractivity contribution in [1.29, 1.82) is 0 Å². The van der Waals surface area contributed by atoms with E-state index in [0.717, 1.165) is 16.8 Å². The average molecular weight is 257 g/mol. The molecule has 3 nitrogen and oxygen atoms in total. The van der Waals surface area contributed by atoms with Crippen molar-refractivity contribution >= 4 is 5.69 Å². The van der Waals surface area contributed by atoms with Crippen LogP contribution in [0, 0.1) is 6.92 Å². The maximum absolute atomic E-state index is 9.74. The van der Waals surface area contributed by atoms with Gasteiger partial charge in [0.1, 0.15) is 5.75 Å². The maximum atomic E-state index is 9.74. The Labute approximate surface area is 113 Å². The number of rotatable bonds is 5. The van der Waals surface area contributed by atoms with Gasteiger partial charge in [-0.25, -0.2) is 0 Å². The molecule has 1 atom stereocenters. The molecular weight excluding hydrogens is 238 g/mol. The lowest BCUT2D eigenvalue weighted by Crippen LogP contribution is -2.16. The third-order valence-corrected chi connectivity index (χ3v) is 3.09. The number of hydrogen-bond donors (Lipinski definition) is 2. The molecule has 2 N–H and O–H groups in total. The normalized spacial score (nSPS) is 12.1. The molecule has 2 rings (SSSR count). The second kappa shape index (κ2) is 6.25. The molecule has 0 spiro atoms. The quantitative estimate of drug-likeness (QED) is 0.861. The minimum atomic E-state index is 0.0632. The lowest BCUT2D eigenvalue weighted by atomic mass is 10.1. The van der Waals surface area contributed by atoms with Gasteiger partial charge in [0, 0.05) is 18.9 Å². The van der Waals surface area contributed by atoms with Crippen LogP contribution >= 0.6 is 0 Å². The van der Waals surface area contributed by atoms with Crippen molar-refractivity contribution in [2.45, 2.75) is 13.0 Å². The first-order chi connectivity index (χ1) is 9.20. The summed E-state index contributed by atoms with van der Waals surface area (Å²) in [6.07, 6.45) is 0. The van der Waals surface area contributed by atoms with Crippen LogP contribution in [0.5, 0.6) is 5.75 Å². The summed E-state index contributed by atoms with van der Waals surface area (Å²) in [6.45, 7) is 2.45. The Hall–Kier alpha value is -2.00. The Morgan fingerprint density at radius 3 is 2.53 bits per heavy atom. The van der Waals surface area contributed by atoms with E-state index < -0.39 is 0 Å². The van der Waals surface area contributed by atoms with E-state index in [0.29, 0.717) is 12.4 Å². The van der Waals surface area contributed by atoms with E-state index >= 15 is 0 Å². The predicted octanol–water partition coefficient (Wildman–Crippen LogP) is 3.50. The van der Waals surface area contributed by atoms with Crippen LogP contribution in [0.4, 0.5) is 5.69 Å². The highest BCUT2D eigenvalue weighted by atomic mass is 16.5. The van der Waals surface area contributed by atoms with Gasteiger partial charge in [-0.3, -0.25) is 0 Å². The fourth-order valence-corrected chi connectivity index (χ4v) is 1.97. The van der Waals surface area contributed by atoms with Crippen LogP contribution in [0.15, 0.2) is 48.5 Å². The molecule has 2 aromatic rings. The van der Waals surface area contributed by atoms with E-state index in [2.05, 4.69) is 17.4 Å². The Kier molecular flexibility index (Phi) is 4.42. The zero-order valence-electron chi connectivity index (χ0n) is 11.3. The first kappa shape index (κ1) is 13.4. The lowest BCUT2D eigenvalue weighted by Gasteiger charge is -2.20. The molecule has 0 fully saturated rings. The summed E-state index contributed by atoms with van der Waals surface area (Å²) < 4.78 is 5.26. The van der Waals surface area contributed by atoms with Gasteiger partial charge in [-0.1, -0.05) is 36.4 Å². The van der Waals surface area contributed by atoms with Crippen LogP contribution in [-0.2, 0) is 4.74 Å². The number of phenolic OH excluding ortho intramolecular Hbond substituents is 1. The highest BCUT2D eigenvalue weighted by Crippen LogP contribution is 2.25. The van der Waals surface area contributed by atoms with Gasteiger partial charge in [0.2, 0.25) is 0 Å². The Morgan fingerprint density at radius 2 is 1.89 bits per heavy atom. The lowest BCUT2D eigenvalue weighted by molar-refractivity contribution is 0.186. The molecule has 0 saturated carbocycles. The molecule has 0 aromatic heterocycles. The number of aryl methyl sites for hydroxylation is 1. The van der Waals surface area contributed by atoms with Crippen molar-refractivity contribution in [2.75, 3.05) is 19.0 Å². The minimum Gasteiger partial charge on any atom is -0.508 e. The smallest absolute Gasteiger partial charge is 0.120 e. The average Bonchev–Trinajstić information content (AvgIpc) is 2.43. The molecule has 0 saturated heterocycles. The summed E-state index contributed by atoms with van der Waals surface area (Å²) in [4.78, 5) is 0. The summed E-state index contributed by atoms with van der Waals surface area (Å²) in [5.74, 6) is 0.300. The molecule has 0 bridgehead atoms. The number of phenols is 1. The molecule has 100 valence electrons. The number of methoxy groups -OCH3 is 1. The number of ether oxygens (including phenoxy) is 1. The van der Waals surface area contributed by atoms with Crippen LogP contribution in [0.3, 0.4) is 0 Å². The second-order valence-corrected chi connectivity index (χ2v) is 4.56. The zero-order chi connectivity index (χ0) is 13.7. The molecule has 19 heavy (non-hydrogen) atoms. The summed E-state index contributed by atoms with van der Waals surface area (Å²) in [5, 5.41) is 13.1. The fraction of sp³-hybridized carbons (Fsp3) is 0.250. The molecule has 3 heteroatoms. The van der Waals surface area contributed by atoms with Crippen molar-refractivity contribution < 1.29 is 9.84 Å².